The molecule has 136 valence electrons. The molecule has 0 bridgehead atoms. The van der Waals surface area contributed by atoms with Gasteiger partial charge in [-0.15, -0.1) is 0 Å². The molecule has 0 aliphatic rings. The molecule has 0 aliphatic carbocycles. The molecule has 0 fully saturated rings. The fraction of sp³-hybridized carbons (Fsp3) is 0.350. The molecule has 0 radical (unpaired) electrons. The lowest BCUT2D eigenvalue weighted by Gasteiger charge is -2.08. The Morgan fingerprint density at radius 1 is 1.27 bits per heavy atom. The molecule has 1 aromatic carbocycles. The Hall–Kier alpha value is -2.89. The van der Waals surface area contributed by atoms with Crippen LogP contribution in [0, 0.1) is 13.8 Å². The third-order valence-corrected chi connectivity index (χ3v) is 4.40. The van der Waals surface area contributed by atoms with E-state index in [0.29, 0.717) is 35.5 Å². The van der Waals surface area contributed by atoms with Gasteiger partial charge in [0.15, 0.2) is 5.76 Å². The first-order chi connectivity index (χ1) is 12.4. The standard InChI is InChI=1S/C20H23N3O3/c1-11(2)18-17(13(4)23-26-18)20(25)21-8-7-15-10-14-6-5-12(3)9-16(14)22-19(15)24/h5-6,9-11H,7-8H2,1-4H3,(H,21,25)(H,22,24). The average Bonchev–Trinajstić information content (AvgIpc) is 2.97. The lowest BCUT2D eigenvalue weighted by atomic mass is 10.0. The molecule has 1 amide bonds. The number of hydrogen-bond donors (Lipinski definition) is 2. The van der Waals surface area contributed by atoms with Gasteiger partial charge in [0.05, 0.1) is 5.69 Å². The number of carbonyl (C=O) groups is 1. The molecule has 6 nitrogen and oxygen atoms in total. The summed E-state index contributed by atoms with van der Waals surface area (Å²) in [7, 11) is 0. The van der Waals surface area contributed by atoms with Crippen LogP contribution < -0.4 is 10.9 Å². The number of pyridine rings is 1. The third kappa shape index (κ3) is 3.54. The first-order valence-electron chi connectivity index (χ1n) is 8.73. The molecule has 2 N–H and O–H groups in total. The van der Waals surface area contributed by atoms with Crippen molar-refractivity contribution in [3.8, 4) is 0 Å². The summed E-state index contributed by atoms with van der Waals surface area (Å²) >= 11 is 0. The number of H-pyrrole nitrogens is 1. The van der Waals surface area contributed by atoms with Crippen molar-refractivity contribution in [1.29, 1.82) is 0 Å². The lowest BCUT2D eigenvalue weighted by molar-refractivity contribution is 0.0951. The molecule has 2 heterocycles. The fourth-order valence-corrected chi connectivity index (χ4v) is 3.00. The summed E-state index contributed by atoms with van der Waals surface area (Å²) in [4.78, 5) is 27.6. The minimum absolute atomic E-state index is 0.0729. The first-order valence-corrected chi connectivity index (χ1v) is 8.73. The number of hydrogen-bond acceptors (Lipinski definition) is 4. The predicted octanol–water partition coefficient (Wildman–Crippen LogP) is 3.23. The molecule has 0 unspecified atom stereocenters. The van der Waals surface area contributed by atoms with Crippen LogP contribution in [0.3, 0.4) is 0 Å². The molecular weight excluding hydrogens is 330 g/mol. The summed E-state index contributed by atoms with van der Waals surface area (Å²) in [5, 5.41) is 7.73. The van der Waals surface area contributed by atoms with Gasteiger partial charge in [-0.1, -0.05) is 31.1 Å². The van der Waals surface area contributed by atoms with Crippen molar-refractivity contribution in [3.05, 3.63) is 62.8 Å². The molecular formula is C20H23N3O3. The number of nitrogens with one attached hydrogen (secondary N) is 2. The van der Waals surface area contributed by atoms with Crippen molar-refractivity contribution < 1.29 is 9.32 Å². The Bertz CT molecular complexity index is 1010. The van der Waals surface area contributed by atoms with E-state index in [-0.39, 0.29) is 17.4 Å². The first kappa shape index (κ1) is 17.9. The summed E-state index contributed by atoms with van der Waals surface area (Å²) in [6.07, 6.45) is 0.451. The van der Waals surface area contributed by atoms with Crippen LogP contribution >= 0.6 is 0 Å². The van der Waals surface area contributed by atoms with E-state index in [9.17, 15) is 9.59 Å². The van der Waals surface area contributed by atoms with Crippen LogP contribution in [-0.2, 0) is 6.42 Å². The molecule has 0 saturated heterocycles. The highest BCUT2D eigenvalue weighted by Gasteiger charge is 2.22. The molecule has 0 aliphatic heterocycles. The highest BCUT2D eigenvalue weighted by Crippen LogP contribution is 2.22. The number of aromatic nitrogens is 2. The molecule has 6 heteroatoms. The second kappa shape index (κ2) is 7.15. The highest BCUT2D eigenvalue weighted by molar-refractivity contribution is 5.96. The molecule has 0 atom stereocenters. The molecule has 0 spiro atoms. The lowest BCUT2D eigenvalue weighted by Crippen LogP contribution is -2.28. The van der Waals surface area contributed by atoms with Crippen molar-refractivity contribution in [2.24, 2.45) is 0 Å². The number of carbonyl (C=O) groups excluding carboxylic acids is 1. The maximum atomic E-state index is 12.5. The van der Waals surface area contributed by atoms with Gasteiger partial charge >= 0.3 is 0 Å². The van der Waals surface area contributed by atoms with Crippen LogP contribution in [-0.4, -0.2) is 22.6 Å². The van der Waals surface area contributed by atoms with Crippen LogP contribution in [0.2, 0.25) is 0 Å². The van der Waals surface area contributed by atoms with Gasteiger partial charge in [-0.05, 0) is 43.4 Å². The van der Waals surface area contributed by atoms with E-state index in [1.807, 2.05) is 45.0 Å². The summed E-state index contributed by atoms with van der Waals surface area (Å²) in [5.74, 6) is 0.433. The monoisotopic (exact) mass is 353 g/mol. The van der Waals surface area contributed by atoms with E-state index in [4.69, 9.17) is 4.52 Å². The van der Waals surface area contributed by atoms with Crippen molar-refractivity contribution in [3.63, 3.8) is 0 Å². The fourth-order valence-electron chi connectivity index (χ4n) is 3.00. The van der Waals surface area contributed by atoms with Gasteiger partial charge in [0, 0.05) is 23.5 Å². The zero-order valence-corrected chi connectivity index (χ0v) is 15.5. The van der Waals surface area contributed by atoms with Gasteiger partial charge in [0.2, 0.25) is 0 Å². The smallest absolute Gasteiger partial charge is 0.256 e. The zero-order chi connectivity index (χ0) is 18.8. The van der Waals surface area contributed by atoms with Crippen LogP contribution in [0.25, 0.3) is 10.9 Å². The normalized spacial score (nSPS) is 11.3. The number of benzene rings is 1. The Kier molecular flexibility index (Phi) is 4.93. The van der Waals surface area contributed by atoms with Crippen LogP contribution in [0.5, 0.6) is 0 Å². The summed E-state index contributed by atoms with van der Waals surface area (Å²) in [6, 6.07) is 7.82. The Labute approximate surface area is 151 Å². The van der Waals surface area contributed by atoms with Crippen molar-refractivity contribution in [2.45, 2.75) is 40.0 Å². The Balaban J connectivity index is 1.72. The van der Waals surface area contributed by atoms with Gasteiger partial charge in [-0.2, -0.15) is 0 Å². The number of aromatic amines is 1. The van der Waals surface area contributed by atoms with Crippen LogP contribution in [0.15, 0.2) is 33.6 Å². The maximum Gasteiger partial charge on any atom is 0.256 e. The van der Waals surface area contributed by atoms with E-state index >= 15 is 0 Å². The van der Waals surface area contributed by atoms with E-state index in [0.717, 1.165) is 16.5 Å². The van der Waals surface area contributed by atoms with Gasteiger partial charge in [0.25, 0.3) is 11.5 Å². The van der Waals surface area contributed by atoms with Crippen molar-refractivity contribution >= 4 is 16.8 Å². The zero-order valence-electron chi connectivity index (χ0n) is 15.5. The van der Waals surface area contributed by atoms with Gasteiger partial charge in [-0.25, -0.2) is 0 Å². The molecule has 2 aromatic heterocycles. The number of nitrogens with zero attached hydrogens (tertiary/aromatic N) is 1. The minimum Gasteiger partial charge on any atom is -0.360 e. The molecule has 3 aromatic rings. The Morgan fingerprint density at radius 3 is 2.77 bits per heavy atom. The number of rotatable bonds is 5. The molecule has 0 saturated carbocycles. The van der Waals surface area contributed by atoms with E-state index in [1.165, 1.54) is 0 Å². The second-order valence-corrected chi connectivity index (χ2v) is 6.88. The number of amides is 1. The summed E-state index contributed by atoms with van der Waals surface area (Å²) in [5.41, 5.74) is 3.50. The second-order valence-electron chi connectivity index (χ2n) is 6.88. The summed E-state index contributed by atoms with van der Waals surface area (Å²) in [6.45, 7) is 8.00. The average molecular weight is 353 g/mol. The van der Waals surface area contributed by atoms with Crippen molar-refractivity contribution in [2.75, 3.05) is 6.54 Å². The Morgan fingerprint density at radius 2 is 2.04 bits per heavy atom. The number of aryl methyl sites for hydroxylation is 2. The van der Waals surface area contributed by atoms with Crippen LogP contribution in [0.1, 0.15) is 52.7 Å². The van der Waals surface area contributed by atoms with Crippen molar-refractivity contribution in [1.82, 2.24) is 15.5 Å². The largest absolute Gasteiger partial charge is 0.360 e. The third-order valence-electron chi connectivity index (χ3n) is 4.40. The van der Waals surface area contributed by atoms with E-state index < -0.39 is 0 Å². The summed E-state index contributed by atoms with van der Waals surface area (Å²) < 4.78 is 5.25. The van der Waals surface area contributed by atoms with E-state index in [1.54, 1.807) is 6.92 Å². The topological polar surface area (TPSA) is 88.0 Å². The minimum atomic E-state index is -0.222. The predicted molar refractivity (Wildman–Crippen MR) is 101 cm³/mol. The number of fused-ring (bicyclic) bond motifs is 1. The highest BCUT2D eigenvalue weighted by atomic mass is 16.5. The van der Waals surface area contributed by atoms with Gasteiger partial charge in [0.1, 0.15) is 5.56 Å². The quantitative estimate of drug-likeness (QED) is 0.737. The maximum absolute atomic E-state index is 12.5. The van der Waals surface area contributed by atoms with Crippen LogP contribution in [0.4, 0.5) is 0 Å². The molecule has 3 rings (SSSR count). The molecule has 26 heavy (non-hydrogen) atoms. The van der Waals surface area contributed by atoms with Gasteiger partial charge < -0.3 is 14.8 Å². The SMILES string of the molecule is Cc1ccc2cc(CCNC(=O)c3c(C)noc3C(C)C)c(=O)[nH]c2c1. The van der Waals surface area contributed by atoms with E-state index in [2.05, 4.69) is 15.5 Å². The van der Waals surface area contributed by atoms with Gasteiger partial charge in [-0.3, -0.25) is 9.59 Å².